The average molecular weight is 262 g/mol. The Bertz CT molecular complexity index is 525. The van der Waals surface area contributed by atoms with Crippen LogP contribution in [0.4, 0.5) is 5.69 Å². The van der Waals surface area contributed by atoms with Crippen LogP contribution in [0.15, 0.2) is 18.2 Å². The summed E-state index contributed by atoms with van der Waals surface area (Å²) in [5.74, 6) is 0.349. The normalized spacial score (nSPS) is 18.1. The molecule has 0 fully saturated rings. The van der Waals surface area contributed by atoms with E-state index < -0.39 is 6.10 Å². The first kappa shape index (κ1) is 13.4. The van der Waals surface area contributed by atoms with Crippen molar-refractivity contribution in [1.29, 1.82) is 0 Å². The number of ether oxygens (including phenoxy) is 1. The van der Waals surface area contributed by atoms with Gasteiger partial charge in [0.15, 0.2) is 6.10 Å². The molecule has 5 nitrogen and oxygen atoms in total. The number of likely N-dealkylation sites (N-methyl/N-ethyl adjacent to an activating group) is 1. The summed E-state index contributed by atoms with van der Waals surface area (Å²) in [4.78, 5) is 25.3. The molecule has 1 aromatic carbocycles. The molecule has 0 bridgehead atoms. The van der Waals surface area contributed by atoms with Crippen LogP contribution in [0.1, 0.15) is 31.1 Å². The SMILES string of the molecule is CC(C)NC(=O)c1ccc2c(c1)N(C)C(=O)C(C)O2. The number of amides is 2. The minimum atomic E-state index is -0.493. The van der Waals surface area contributed by atoms with Crippen molar-refractivity contribution in [1.82, 2.24) is 5.32 Å². The van der Waals surface area contributed by atoms with Crippen LogP contribution in [0.5, 0.6) is 5.75 Å². The molecule has 5 heteroatoms. The summed E-state index contributed by atoms with van der Waals surface area (Å²) in [6, 6.07) is 5.17. The minimum absolute atomic E-state index is 0.0687. The van der Waals surface area contributed by atoms with Gasteiger partial charge in [0.1, 0.15) is 5.75 Å². The Balaban J connectivity index is 2.34. The van der Waals surface area contributed by atoms with Gasteiger partial charge in [-0.05, 0) is 39.0 Å². The highest BCUT2D eigenvalue weighted by Crippen LogP contribution is 2.33. The second-order valence-electron chi connectivity index (χ2n) is 4.97. The fourth-order valence-electron chi connectivity index (χ4n) is 2.00. The third kappa shape index (κ3) is 2.54. The van der Waals surface area contributed by atoms with Gasteiger partial charge in [-0.25, -0.2) is 0 Å². The van der Waals surface area contributed by atoms with E-state index in [2.05, 4.69) is 5.32 Å². The van der Waals surface area contributed by atoms with Gasteiger partial charge in [-0.3, -0.25) is 9.59 Å². The second kappa shape index (κ2) is 4.91. The maximum absolute atomic E-state index is 11.9. The molecule has 0 saturated heterocycles. The number of anilines is 1. The molecular weight excluding hydrogens is 244 g/mol. The van der Waals surface area contributed by atoms with Crippen LogP contribution < -0.4 is 15.0 Å². The van der Waals surface area contributed by atoms with Crippen LogP contribution >= 0.6 is 0 Å². The van der Waals surface area contributed by atoms with Crippen LogP contribution in [-0.2, 0) is 4.79 Å². The molecule has 0 aliphatic carbocycles. The highest BCUT2D eigenvalue weighted by atomic mass is 16.5. The Labute approximate surface area is 112 Å². The predicted octanol–water partition coefficient (Wildman–Crippen LogP) is 1.57. The van der Waals surface area contributed by atoms with E-state index in [4.69, 9.17) is 4.74 Å². The molecule has 1 unspecified atom stereocenters. The van der Waals surface area contributed by atoms with Crippen molar-refractivity contribution >= 4 is 17.5 Å². The van der Waals surface area contributed by atoms with Gasteiger partial charge < -0.3 is 15.0 Å². The van der Waals surface area contributed by atoms with Crippen LogP contribution in [0.2, 0.25) is 0 Å². The predicted molar refractivity (Wildman–Crippen MR) is 72.5 cm³/mol. The van der Waals surface area contributed by atoms with Gasteiger partial charge in [-0.15, -0.1) is 0 Å². The van der Waals surface area contributed by atoms with Crippen molar-refractivity contribution in [2.45, 2.75) is 32.9 Å². The first-order valence-electron chi connectivity index (χ1n) is 6.29. The van der Waals surface area contributed by atoms with E-state index >= 15 is 0 Å². The fraction of sp³-hybridized carbons (Fsp3) is 0.429. The van der Waals surface area contributed by atoms with Crippen molar-refractivity contribution in [2.24, 2.45) is 0 Å². The molecule has 0 saturated carbocycles. The summed E-state index contributed by atoms with van der Waals surface area (Å²) < 4.78 is 5.51. The number of hydrogen-bond acceptors (Lipinski definition) is 3. The maximum atomic E-state index is 11.9. The molecule has 1 aromatic rings. The summed E-state index contributed by atoms with van der Waals surface area (Å²) in [5.41, 5.74) is 1.14. The zero-order valence-electron chi connectivity index (χ0n) is 11.6. The van der Waals surface area contributed by atoms with Gasteiger partial charge in [0, 0.05) is 18.7 Å². The molecule has 1 heterocycles. The lowest BCUT2D eigenvalue weighted by Crippen LogP contribution is -2.42. The van der Waals surface area contributed by atoms with Gasteiger partial charge in [0.2, 0.25) is 0 Å². The number of benzene rings is 1. The highest BCUT2D eigenvalue weighted by Gasteiger charge is 2.29. The van der Waals surface area contributed by atoms with E-state index in [9.17, 15) is 9.59 Å². The largest absolute Gasteiger partial charge is 0.479 e. The Kier molecular flexibility index (Phi) is 3.46. The second-order valence-corrected chi connectivity index (χ2v) is 4.97. The fourth-order valence-corrected chi connectivity index (χ4v) is 2.00. The van der Waals surface area contributed by atoms with Crippen molar-refractivity contribution < 1.29 is 14.3 Å². The molecule has 0 radical (unpaired) electrons. The summed E-state index contributed by atoms with van der Waals surface area (Å²) in [7, 11) is 1.68. The van der Waals surface area contributed by atoms with Gasteiger partial charge >= 0.3 is 0 Å². The summed E-state index contributed by atoms with van der Waals surface area (Å²) in [6.07, 6.45) is -0.493. The Morgan fingerprint density at radius 1 is 1.42 bits per heavy atom. The third-order valence-electron chi connectivity index (χ3n) is 2.98. The number of fused-ring (bicyclic) bond motifs is 1. The molecule has 0 aromatic heterocycles. The molecule has 1 aliphatic rings. The average Bonchev–Trinajstić information content (AvgIpc) is 2.35. The maximum Gasteiger partial charge on any atom is 0.267 e. The van der Waals surface area contributed by atoms with Crippen molar-refractivity contribution in [3.63, 3.8) is 0 Å². The standard InChI is InChI=1S/C14H18N2O3/c1-8(2)15-13(17)10-5-6-12-11(7-10)16(4)14(18)9(3)19-12/h5-9H,1-4H3,(H,15,17). The van der Waals surface area contributed by atoms with Crippen molar-refractivity contribution in [3.8, 4) is 5.75 Å². The lowest BCUT2D eigenvalue weighted by atomic mass is 10.1. The molecule has 2 rings (SSSR count). The summed E-state index contributed by atoms with van der Waals surface area (Å²) in [5, 5.41) is 2.82. The topological polar surface area (TPSA) is 58.6 Å². The summed E-state index contributed by atoms with van der Waals surface area (Å²) >= 11 is 0. The highest BCUT2D eigenvalue weighted by molar-refractivity contribution is 6.02. The molecule has 102 valence electrons. The van der Waals surface area contributed by atoms with Gasteiger partial charge in [-0.1, -0.05) is 0 Å². The Morgan fingerprint density at radius 2 is 2.11 bits per heavy atom. The van der Waals surface area contributed by atoms with Crippen LogP contribution in [0.3, 0.4) is 0 Å². The van der Waals surface area contributed by atoms with Gasteiger partial charge in [-0.2, -0.15) is 0 Å². The third-order valence-corrected chi connectivity index (χ3v) is 2.98. The molecular formula is C14H18N2O3. The van der Waals surface area contributed by atoms with Crippen molar-refractivity contribution in [2.75, 3.05) is 11.9 Å². The van der Waals surface area contributed by atoms with Gasteiger partial charge in [0.05, 0.1) is 5.69 Å². The number of nitrogens with one attached hydrogen (secondary N) is 1. The van der Waals surface area contributed by atoms with E-state index in [0.717, 1.165) is 0 Å². The number of carbonyl (C=O) groups is 2. The van der Waals surface area contributed by atoms with Crippen molar-refractivity contribution in [3.05, 3.63) is 23.8 Å². The lowest BCUT2D eigenvalue weighted by molar-refractivity contribution is -0.125. The molecule has 1 atom stereocenters. The Hall–Kier alpha value is -2.04. The zero-order chi connectivity index (χ0) is 14.2. The van der Waals surface area contributed by atoms with Crippen LogP contribution in [-0.4, -0.2) is 31.0 Å². The minimum Gasteiger partial charge on any atom is -0.479 e. The summed E-state index contributed by atoms with van der Waals surface area (Å²) in [6.45, 7) is 5.51. The number of nitrogens with zero attached hydrogens (tertiary/aromatic N) is 1. The van der Waals surface area contributed by atoms with E-state index in [1.165, 1.54) is 4.90 Å². The number of hydrogen-bond donors (Lipinski definition) is 1. The quantitative estimate of drug-likeness (QED) is 0.880. The van der Waals surface area contributed by atoms with Crippen LogP contribution in [0, 0.1) is 0 Å². The van der Waals surface area contributed by atoms with E-state index in [-0.39, 0.29) is 17.9 Å². The zero-order valence-corrected chi connectivity index (χ0v) is 11.6. The monoisotopic (exact) mass is 262 g/mol. The van der Waals surface area contributed by atoms with E-state index in [0.29, 0.717) is 17.0 Å². The Morgan fingerprint density at radius 3 is 2.74 bits per heavy atom. The smallest absolute Gasteiger partial charge is 0.267 e. The molecule has 2 amide bonds. The van der Waals surface area contributed by atoms with Crippen LogP contribution in [0.25, 0.3) is 0 Å². The number of carbonyl (C=O) groups excluding carboxylic acids is 2. The van der Waals surface area contributed by atoms with E-state index in [1.807, 2.05) is 13.8 Å². The lowest BCUT2D eigenvalue weighted by Gasteiger charge is -2.30. The molecule has 0 spiro atoms. The first-order chi connectivity index (χ1) is 8.90. The van der Waals surface area contributed by atoms with Gasteiger partial charge in [0.25, 0.3) is 11.8 Å². The molecule has 19 heavy (non-hydrogen) atoms. The molecule has 1 aliphatic heterocycles. The number of rotatable bonds is 2. The molecule has 1 N–H and O–H groups in total. The first-order valence-corrected chi connectivity index (χ1v) is 6.29. The van der Waals surface area contributed by atoms with E-state index in [1.54, 1.807) is 32.2 Å².